The molecule has 1 amide bonds. The van der Waals surface area contributed by atoms with E-state index in [1.807, 2.05) is 32.1 Å². The van der Waals surface area contributed by atoms with Crippen molar-refractivity contribution in [2.24, 2.45) is 0 Å². The number of nitrogens with zero attached hydrogens (tertiary/aromatic N) is 3. The van der Waals surface area contributed by atoms with Gasteiger partial charge in [-0.15, -0.1) is 0 Å². The predicted molar refractivity (Wildman–Crippen MR) is 128 cm³/mol. The lowest BCUT2D eigenvalue weighted by Gasteiger charge is -2.22. The van der Waals surface area contributed by atoms with Crippen LogP contribution in [0.25, 0.3) is 5.52 Å². The molecule has 1 aliphatic rings. The van der Waals surface area contributed by atoms with E-state index in [2.05, 4.69) is 15.3 Å². The van der Waals surface area contributed by atoms with Crippen molar-refractivity contribution < 1.29 is 18.7 Å². The molecule has 10 heteroatoms. The summed E-state index contributed by atoms with van der Waals surface area (Å²) in [6, 6.07) is 1.49. The van der Waals surface area contributed by atoms with Crippen molar-refractivity contribution >= 4 is 28.8 Å². The Morgan fingerprint density at radius 1 is 1.41 bits per heavy atom. The Balaban J connectivity index is 1.77. The molecule has 8 nitrogen and oxygen atoms in total. The van der Waals surface area contributed by atoms with E-state index in [1.54, 1.807) is 12.4 Å². The number of carbonyl (C=O) groups excluding carboxylic acids is 1. The monoisotopic (exact) mass is 489 g/mol. The molecule has 182 valence electrons. The van der Waals surface area contributed by atoms with E-state index < -0.39 is 17.3 Å². The highest BCUT2D eigenvalue weighted by Crippen LogP contribution is 2.39. The summed E-state index contributed by atoms with van der Waals surface area (Å²) in [6.07, 6.45) is 4.81. The summed E-state index contributed by atoms with van der Waals surface area (Å²) in [5.41, 5.74) is 7.29. The zero-order valence-corrected chi connectivity index (χ0v) is 20.5. The Labute approximate surface area is 202 Å². The normalized spacial score (nSPS) is 14.6. The van der Waals surface area contributed by atoms with Gasteiger partial charge in [0, 0.05) is 31.0 Å². The van der Waals surface area contributed by atoms with E-state index in [0.29, 0.717) is 41.6 Å². The van der Waals surface area contributed by atoms with Crippen LogP contribution in [0, 0.1) is 12.7 Å². The lowest BCUT2D eigenvalue weighted by Crippen LogP contribution is -2.41. The number of benzene rings is 1. The first-order chi connectivity index (χ1) is 16.2. The van der Waals surface area contributed by atoms with Gasteiger partial charge in [0.25, 0.3) is 5.91 Å². The number of amides is 1. The fourth-order valence-electron chi connectivity index (χ4n) is 4.03. The van der Waals surface area contributed by atoms with Gasteiger partial charge >= 0.3 is 0 Å². The maximum Gasteiger partial charge on any atom is 0.258 e. The SMILES string of the molecule is CCOCC1(NC(=O)c2c(F)c(Cl)cc(Cc3nc(C)c4c(N)nccn34)c2OC(C)C)CC1. The van der Waals surface area contributed by atoms with E-state index >= 15 is 4.39 Å². The zero-order valence-electron chi connectivity index (χ0n) is 19.7. The third-order valence-electron chi connectivity index (χ3n) is 5.82. The molecule has 0 bridgehead atoms. The van der Waals surface area contributed by atoms with Crippen molar-refractivity contribution in [3.63, 3.8) is 0 Å². The van der Waals surface area contributed by atoms with Gasteiger partial charge in [-0.05, 0) is 46.6 Å². The number of hydrogen-bond donors (Lipinski definition) is 2. The molecule has 1 aromatic carbocycles. The number of imidazole rings is 1. The third kappa shape index (κ3) is 4.67. The lowest BCUT2D eigenvalue weighted by atomic mass is 10.0. The lowest BCUT2D eigenvalue weighted by molar-refractivity contribution is 0.0822. The number of hydrogen-bond acceptors (Lipinski definition) is 6. The van der Waals surface area contributed by atoms with Crippen LogP contribution in [0.3, 0.4) is 0 Å². The summed E-state index contributed by atoms with van der Waals surface area (Å²) in [7, 11) is 0. The average Bonchev–Trinajstić information content (AvgIpc) is 3.45. The van der Waals surface area contributed by atoms with Crippen LogP contribution in [0.15, 0.2) is 18.5 Å². The van der Waals surface area contributed by atoms with Gasteiger partial charge in [-0.25, -0.2) is 14.4 Å². The molecule has 0 spiro atoms. The van der Waals surface area contributed by atoms with Crippen molar-refractivity contribution in [3.05, 3.63) is 51.9 Å². The van der Waals surface area contributed by atoms with E-state index in [9.17, 15) is 4.79 Å². The number of ether oxygens (including phenoxy) is 2. The molecule has 0 radical (unpaired) electrons. The number of halogens is 2. The minimum atomic E-state index is -0.816. The fraction of sp³-hybridized carbons (Fsp3) is 0.458. The van der Waals surface area contributed by atoms with Gasteiger partial charge in [-0.2, -0.15) is 0 Å². The van der Waals surface area contributed by atoms with Gasteiger partial charge in [-0.3, -0.25) is 9.20 Å². The molecule has 3 N–H and O–H groups in total. The van der Waals surface area contributed by atoms with Gasteiger partial charge < -0.3 is 20.5 Å². The minimum Gasteiger partial charge on any atom is -0.490 e. The van der Waals surface area contributed by atoms with Crippen molar-refractivity contribution in [1.29, 1.82) is 0 Å². The predicted octanol–water partition coefficient (Wildman–Crippen LogP) is 4.09. The van der Waals surface area contributed by atoms with Crippen LogP contribution < -0.4 is 15.8 Å². The Hall–Kier alpha value is -2.91. The van der Waals surface area contributed by atoms with Crippen molar-refractivity contribution in [1.82, 2.24) is 19.7 Å². The molecule has 1 saturated carbocycles. The standard InChI is InChI=1S/C24H29ClFN5O3/c1-5-33-12-24(6-7-24)30-23(32)18-19(26)16(25)10-15(21(18)34-13(2)3)11-17-29-14(4)20-22(27)28-8-9-31(17)20/h8-10,13H,5-7,11-12H2,1-4H3,(H2,27,28)(H,30,32). The highest BCUT2D eigenvalue weighted by Gasteiger charge is 2.45. The minimum absolute atomic E-state index is 0.151. The Morgan fingerprint density at radius 2 is 2.15 bits per heavy atom. The smallest absolute Gasteiger partial charge is 0.258 e. The van der Waals surface area contributed by atoms with Crippen molar-refractivity contribution in [2.75, 3.05) is 18.9 Å². The number of fused-ring (bicyclic) bond motifs is 1. The summed E-state index contributed by atoms with van der Waals surface area (Å²) < 4.78 is 28.6. The average molecular weight is 490 g/mol. The second-order valence-electron chi connectivity index (χ2n) is 8.90. The Morgan fingerprint density at radius 3 is 2.79 bits per heavy atom. The number of nitrogens with two attached hydrogens (primary N) is 1. The second-order valence-corrected chi connectivity index (χ2v) is 9.30. The number of rotatable bonds is 9. The summed E-state index contributed by atoms with van der Waals surface area (Å²) in [4.78, 5) is 22.1. The zero-order chi connectivity index (χ0) is 24.6. The Kier molecular flexibility index (Phi) is 6.69. The highest BCUT2D eigenvalue weighted by molar-refractivity contribution is 6.31. The van der Waals surface area contributed by atoms with Crippen LogP contribution in [0.5, 0.6) is 5.75 Å². The Bertz CT molecular complexity index is 1240. The topological polar surface area (TPSA) is 104 Å². The molecular formula is C24H29ClFN5O3. The molecule has 34 heavy (non-hydrogen) atoms. The maximum atomic E-state index is 15.3. The number of anilines is 1. The first kappa shape index (κ1) is 24.2. The quantitative estimate of drug-likeness (QED) is 0.469. The highest BCUT2D eigenvalue weighted by atomic mass is 35.5. The summed E-state index contributed by atoms with van der Waals surface area (Å²) in [5, 5.41) is 2.78. The van der Waals surface area contributed by atoms with E-state index in [1.165, 1.54) is 6.07 Å². The van der Waals surface area contributed by atoms with Gasteiger partial charge in [0.1, 0.15) is 28.5 Å². The molecular weight excluding hydrogens is 461 g/mol. The first-order valence-corrected chi connectivity index (χ1v) is 11.7. The molecule has 3 aromatic rings. The summed E-state index contributed by atoms with van der Waals surface area (Å²) >= 11 is 6.26. The molecule has 1 fully saturated rings. The third-order valence-corrected chi connectivity index (χ3v) is 6.10. The van der Waals surface area contributed by atoms with Crippen molar-refractivity contribution in [2.45, 2.75) is 58.6 Å². The fourth-order valence-corrected chi connectivity index (χ4v) is 4.26. The number of carbonyl (C=O) groups is 1. The molecule has 0 aliphatic heterocycles. The van der Waals surface area contributed by atoms with Crippen LogP contribution in [-0.4, -0.2) is 45.1 Å². The summed E-state index contributed by atoms with van der Waals surface area (Å²) in [6.45, 7) is 8.27. The number of nitrogens with one attached hydrogen (secondary N) is 1. The number of nitrogen functional groups attached to an aromatic ring is 1. The molecule has 4 rings (SSSR count). The molecule has 0 unspecified atom stereocenters. The van der Waals surface area contributed by atoms with Gasteiger partial charge in [0.15, 0.2) is 5.82 Å². The number of aromatic nitrogens is 3. The second kappa shape index (κ2) is 9.38. The first-order valence-electron chi connectivity index (χ1n) is 11.3. The largest absolute Gasteiger partial charge is 0.490 e. The van der Waals surface area contributed by atoms with Crippen LogP contribution in [-0.2, 0) is 11.2 Å². The maximum absolute atomic E-state index is 15.3. The molecule has 2 heterocycles. The van der Waals surface area contributed by atoms with Crippen LogP contribution in [0.1, 0.15) is 61.1 Å². The van der Waals surface area contributed by atoms with Gasteiger partial charge in [0.05, 0.1) is 29.0 Å². The molecule has 0 saturated heterocycles. The van der Waals surface area contributed by atoms with Gasteiger partial charge in [0.2, 0.25) is 0 Å². The molecule has 1 aliphatic carbocycles. The van der Waals surface area contributed by atoms with Crippen LogP contribution >= 0.6 is 11.6 Å². The van der Waals surface area contributed by atoms with Crippen molar-refractivity contribution in [3.8, 4) is 5.75 Å². The molecule has 2 aromatic heterocycles. The van der Waals surface area contributed by atoms with Gasteiger partial charge in [-0.1, -0.05) is 11.6 Å². The van der Waals surface area contributed by atoms with E-state index in [4.69, 9.17) is 26.8 Å². The van der Waals surface area contributed by atoms with E-state index in [-0.39, 0.29) is 28.9 Å². The van der Waals surface area contributed by atoms with Crippen LogP contribution in [0.2, 0.25) is 5.02 Å². The van der Waals surface area contributed by atoms with E-state index in [0.717, 1.165) is 12.8 Å². The molecule has 0 atom stereocenters. The number of aryl methyl sites for hydroxylation is 1. The summed E-state index contributed by atoms with van der Waals surface area (Å²) in [5.74, 6) is -0.244. The van der Waals surface area contributed by atoms with Crippen LogP contribution in [0.4, 0.5) is 10.2 Å².